The number of phenols is 1. The first kappa shape index (κ1) is 17.0. The monoisotopic (exact) mass is 358 g/mol. The summed E-state index contributed by atoms with van der Waals surface area (Å²) in [5.41, 5.74) is 1.79. The number of hydrogen-bond acceptors (Lipinski definition) is 4. The molecule has 134 valence electrons. The molecule has 0 bridgehead atoms. The zero-order valence-corrected chi connectivity index (χ0v) is 15.7. The highest BCUT2D eigenvalue weighted by molar-refractivity contribution is 7.99. The van der Waals surface area contributed by atoms with Crippen molar-refractivity contribution in [3.8, 4) is 5.75 Å². The number of phenolic OH excluding ortho intramolecular Hbond substituents is 1. The van der Waals surface area contributed by atoms with Crippen LogP contribution in [0.25, 0.3) is 0 Å². The van der Waals surface area contributed by atoms with Crippen molar-refractivity contribution in [2.24, 2.45) is 23.2 Å². The van der Waals surface area contributed by atoms with E-state index in [-0.39, 0.29) is 35.1 Å². The van der Waals surface area contributed by atoms with Gasteiger partial charge in [0, 0.05) is 16.6 Å². The average Bonchev–Trinajstić information content (AvgIpc) is 2.86. The first-order valence-corrected chi connectivity index (χ1v) is 10.3. The van der Waals surface area contributed by atoms with Gasteiger partial charge in [0.15, 0.2) is 0 Å². The number of hydrogen-bond donors (Lipinski definition) is 1. The maximum absolute atomic E-state index is 12.5. The molecular formula is C21H26O3S. The van der Waals surface area contributed by atoms with E-state index in [1.807, 2.05) is 12.1 Å². The van der Waals surface area contributed by atoms with Crippen LogP contribution in [-0.2, 0) is 9.53 Å². The minimum Gasteiger partial charge on any atom is -0.508 e. The average molecular weight is 359 g/mol. The predicted molar refractivity (Wildman–Crippen MR) is 99.5 cm³/mol. The molecule has 1 aromatic carbocycles. The van der Waals surface area contributed by atoms with Crippen LogP contribution in [0.3, 0.4) is 0 Å². The number of carbonyl (C=O) groups excluding carboxylic acids is 1. The van der Waals surface area contributed by atoms with Gasteiger partial charge in [-0.2, -0.15) is 0 Å². The van der Waals surface area contributed by atoms with E-state index in [1.54, 1.807) is 29.5 Å². The van der Waals surface area contributed by atoms with Gasteiger partial charge in [0.05, 0.1) is 5.92 Å². The Labute approximate surface area is 153 Å². The predicted octanol–water partition coefficient (Wildman–Crippen LogP) is 4.80. The molecule has 25 heavy (non-hydrogen) atoms. The van der Waals surface area contributed by atoms with Gasteiger partial charge in [-0.15, -0.1) is 11.8 Å². The molecule has 2 fully saturated rings. The van der Waals surface area contributed by atoms with Crippen LogP contribution in [0.2, 0.25) is 0 Å². The molecule has 3 aliphatic rings. The first-order chi connectivity index (χ1) is 12.0. The van der Waals surface area contributed by atoms with Crippen LogP contribution in [0.15, 0.2) is 40.8 Å². The number of thioether (sulfide) groups is 1. The number of aromatic hydroxyl groups is 1. The second kappa shape index (κ2) is 6.39. The number of ether oxygens (including phenoxy) is 1. The summed E-state index contributed by atoms with van der Waals surface area (Å²) >= 11 is 1.67. The van der Waals surface area contributed by atoms with Crippen molar-refractivity contribution < 1.29 is 14.6 Å². The number of rotatable bonds is 3. The van der Waals surface area contributed by atoms with Crippen molar-refractivity contribution in [1.82, 2.24) is 0 Å². The van der Waals surface area contributed by atoms with E-state index in [0.717, 1.165) is 17.1 Å². The third-order valence-electron chi connectivity index (χ3n) is 6.35. The number of fused-ring (bicyclic) bond motifs is 2. The van der Waals surface area contributed by atoms with Gasteiger partial charge < -0.3 is 9.84 Å². The molecule has 0 spiro atoms. The smallest absolute Gasteiger partial charge is 0.310 e. The second-order valence-corrected chi connectivity index (χ2v) is 9.24. The Hall–Kier alpha value is -1.42. The Bertz CT molecular complexity index is 696. The highest BCUT2D eigenvalue weighted by Crippen LogP contribution is 2.54. The van der Waals surface area contributed by atoms with Gasteiger partial charge in [-0.05, 0) is 54.9 Å². The van der Waals surface area contributed by atoms with Crippen LogP contribution < -0.4 is 0 Å². The number of benzene rings is 1. The fraction of sp³-hybridized carbons (Fsp3) is 0.571. The molecule has 2 aliphatic carbocycles. The van der Waals surface area contributed by atoms with Crippen molar-refractivity contribution in [3.05, 3.63) is 35.9 Å². The Morgan fingerprint density at radius 1 is 1.32 bits per heavy atom. The summed E-state index contributed by atoms with van der Waals surface area (Å²) in [7, 11) is 0. The van der Waals surface area contributed by atoms with Crippen LogP contribution in [0.4, 0.5) is 0 Å². The molecule has 4 heteroatoms. The van der Waals surface area contributed by atoms with Gasteiger partial charge in [0.2, 0.25) is 0 Å². The second-order valence-electron chi connectivity index (χ2n) is 8.14. The fourth-order valence-corrected chi connectivity index (χ4v) is 6.03. The minimum absolute atomic E-state index is 0.0342. The lowest BCUT2D eigenvalue weighted by atomic mass is 9.59. The zero-order chi connectivity index (χ0) is 17.6. The minimum atomic E-state index is -0.0602. The van der Waals surface area contributed by atoms with Gasteiger partial charge in [0.1, 0.15) is 11.9 Å². The summed E-state index contributed by atoms with van der Waals surface area (Å²) in [5, 5.41) is 9.40. The number of carbonyl (C=O) groups is 1. The summed E-state index contributed by atoms with van der Waals surface area (Å²) in [5.74, 6) is 1.76. The van der Waals surface area contributed by atoms with E-state index < -0.39 is 0 Å². The lowest BCUT2D eigenvalue weighted by Gasteiger charge is -2.46. The maximum Gasteiger partial charge on any atom is 0.310 e. The SMILES string of the molecule is CC1CCCC2(C)CC3OC(=O)C(CSc4ccc(O)cc4)C3C=C12. The molecule has 5 atom stereocenters. The Morgan fingerprint density at radius 3 is 2.84 bits per heavy atom. The Kier molecular flexibility index (Phi) is 4.35. The first-order valence-electron chi connectivity index (χ1n) is 9.31. The Morgan fingerprint density at radius 2 is 2.08 bits per heavy atom. The van der Waals surface area contributed by atoms with Crippen molar-refractivity contribution in [1.29, 1.82) is 0 Å². The summed E-state index contributed by atoms with van der Waals surface area (Å²) in [6, 6.07) is 7.18. The third kappa shape index (κ3) is 3.10. The molecule has 0 aromatic heterocycles. The molecular weight excluding hydrogens is 332 g/mol. The van der Waals surface area contributed by atoms with Crippen molar-refractivity contribution in [2.75, 3.05) is 5.75 Å². The molecule has 0 radical (unpaired) electrons. The molecule has 1 heterocycles. The van der Waals surface area contributed by atoms with Gasteiger partial charge in [-0.25, -0.2) is 0 Å². The number of allylic oxidation sites excluding steroid dienone is 1. The van der Waals surface area contributed by atoms with Gasteiger partial charge >= 0.3 is 5.97 Å². The standard InChI is InChI=1S/C21H26O3S/c1-13-4-3-9-21(2)11-19-16(10-18(13)21)17(20(23)24-19)12-25-15-7-5-14(22)6-8-15/h5-8,10,13,16-17,19,22H,3-4,9,11-12H2,1-2H3. The lowest BCUT2D eigenvalue weighted by molar-refractivity contribution is -0.144. The Balaban J connectivity index is 1.53. The molecule has 1 aromatic rings. The fourth-order valence-electron chi connectivity index (χ4n) is 4.97. The molecule has 4 rings (SSSR count). The molecule has 1 saturated heterocycles. The molecule has 0 amide bonds. The normalized spacial score (nSPS) is 37.0. The van der Waals surface area contributed by atoms with Crippen LogP contribution in [-0.4, -0.2) is 22.9 Å². The molecule has 1 saturated carbocycles. The van der Waals surface area contributed by atoms with Gasteiger partial charge in [-0.3, -0.25) is 4.79 Å². The van der Waals surface area contributed by atoms with E-state index in [9.17, 15) is 9.90 Å². The van der Waals surface area contributed by atoms with Crippen molar-refractivity contribution >= 4 is 17.7 Å². The quantitative estimate of drug-likeness (QED) is 0.479. The topological polar surface area (TPSA) is 46.5 Å². The van der Waals surface area contributed by atoms with Crippen molar-refractivity contribution in [2.45, 2.75) is 50.5 Å². The van der Waals surface area contributed by atoms with E-state index in [2.05, 4.69) is 19.9 Å². The molecule has 3 nitrogen and oxygen atoms in total. The summed E-state index contributed by atoms with van der Waals surface area (Å²) in [6.07, 6.45) is 7.21. The van der Waals surface area contributed by atoms with E-state index in [1.165, 1.54) is 19.3 Å². The zero-order valence-electron chi connectivity index (χ0n) is 14.9. The van der Waals surface area contributed by atoms with Crippen LogP contribution in [0.5, 0.6) is 5.75 Å². The highest BCUT2D eigenvalue weighted by atomic mass is 32.2. The number of esters is 1. The maximum atomic E-state index is 12.5. The van der Waals surface area contributed by atoms with Crippen LogP contribution >= 0.6 is 11.8 Å². The summed E-state index contributed by atoms with van der Waals surface area (Å²) in [4.78, 5) is 13.6. The molecule has 1 aliphatic heterocycles. The van der Waals surface area contributed by atoms with E-state index >= 15 is 0 Å². The van der Waals surface area contributed by atoms with Crippen LogP contribution in [0.1, 0.15) is 39.5 Å². The molecule has 1 N–H and O–H groups in total. The largest absolute Gasteiger partial charge is 0.508 e. The lowest BCUT2D eigenvalue weighted by Crippen LogP contribution is -2.39. The van der Waals surface area contributed by atoms with Crippen molar-refractivity contribution in [3.63, 3.8) is 0 Å². The highest BCUT2D eigenvalue weighted by Gasteiger charge is 2.51. The third-order valence-corrected chi connectivity index (χ3v) is 7.48. The summed E-state index contributed by atoms with van der Waals surface area (Å²) < 4.78 is 5.80. The molecule has 5 unspecified atom stereocenters. The van der Waals surface area contributed by atoms with Gasteiger partial charge in [-0.1, -0.05) is 31.9 Å². The summed E-state index contributed by atoms with van der Waals surface area (Å²) in [6.45, 7) is 4.69. The van der Waals surface area contributed by atoms with E-state index in [0.29, 0.717) is 5.92 Å². The van der Waals surface area contributed by atoms with Gasteiger partial charge in [0.25, 0.3) is 0 Å². The van der Waals surface area contributed by atoms with Crippen LogP contribution in [0, 0.1) is 23.2 Å². The van der Waals surface area contributed by atoms with E-state index in [4.69, 9.17) is 4.74 Å².